The Bertz CT molecular complexity index is 1050. The number of aromatic nitrogens is 4. The summed E-state index contributed by atoms with van der Waals surface area (Å²) in [6, 6.07) is 0.228. The first-order chi connectivity index (χ1) is 13.1. The molecule has 0 amide bonds. The predicted octanol–water partition coefficient (Wildman–Crippen LogP) is 2.62. The second kappa shape index (κ2) is 6.15. The lowest BCUT2D eigenvalue weighted by Crippen LogP contribution is -2.44. The summed E-state index contributed by atoms with van der Waals surface area (Å²) in [5.41, 5.74) is -3.30. The average molecular weight is 408 g/mol. The van der Waals surface area contributed by atoms with E-state index in [-0.39, 0.29) is 17.5 Å². The van der Waals surface area contributed by atoms with Gasteiger partial charge in [0.05, 0.1) is 11.1 Å². The van der Waals surface area contributed by atoms with Crippen LogP contribution in [0.5, 0.6) is 0 Å². The Hall–Kier alpha value is -2.70. The largest absolute Gasteiger partial charge is 0.458 e. The quantitative estimate of drug-likeness (QED) is 0.661. The molecule has 0 aliphatic carbocycles. The molecule has 2 aromatic heterocycles. The molecule has 1 saturated heterocycles. The summed E-state index contributed by atoms with van der Waals surface area (Å²) in [5, 5.41) is 10.5. The Kier molecular flexibility index (Phi) is 4.10. The summed E-state index contributed by atoms with van der Waals surface area (Å²) in [4.78, 5) is 5.68. The van der Waals surface area contributed by atoms with E-state index in [2.05, 4.69) is 20.5 Å². The molecule has 1 aliphatic rings. The van der Waals surface area contributed by atoms with E-state index in [1.54, 1.807) is 4.90 Å². The lowest BCUT2D eigenvalue weighted by Gasteiger charge is -2.28. The molecule has 0 unspecified atom stereocenters. The van der Waals surface area contributed by atoms with Crippen LogP contribution in [-0.4, -0.2) is 51.9 Å². The maximum absolute atomic E-state index is 14.5. The molecule has 1 N–H and O–H groups in total. The van der Waals surface area contributed by atoms with Crippen LogP contribution >= 0.6 is 0 Å². The van der Waals surface area contributed by atoms with Crippen LogP contribution in [0.3, 0.4) is 0 Å². The van der Waals surface area contributed by atoms with E-state index in [0.717, 1.165) is 10.7 Å². The standard InChI is InChI=1S/C15H11F7N6/c16-9-7(14(18,19)15(20,21)22)5-8-11(10(9)17)25-12(13-26-24-6-28(8)13)27-3-1-23-2-4-27/h5-6,23H,1-4H2. The number of hydrogen-bond acceptors (Lipinski definition) is 5. The van der Waals surface area contributed by atoms with Crippen LogP contribution in [0.2, 0.25) is 0 Å². The van der Waals surface area contributed by atoms with Gasteiger partial charge in [-0.15, -0.1) is 10.2 Å². The summed E-state index contributed by atoms with van der Waals surface area (Å²) < 4.78 is 95.3. The van der Waals surface area contributed by atoms with Crippen LogP contribution in [0.25, 0.3) is 16.7 Å². The van der Waals surface area contributed by atoms with E-state index < -0.39 is 40.3 Å². The van der Waals surface area contributed by atoms with Crippen molar-refractivity contribution in [1.29, 1.82) is 0 Å². The van der Waals surface area contributed by atoms with E-state index in [9.17, 15) is 30.7 Å². The number of hydrogen-bond donors (Lipinski definition) is 1. The lowest BCUT2D eigenvalue weighted by molar-refractivity contribution is -0.290. The highest BCUT2D eigenvalue weighted by molar-refractivity contribution is 5.84. The van der Waals surface area contributed by atoms with E-state index >= 15 is 0 Å². The highest BCUT2D eigenvalue weighted by Crippen LogP contribution is 2.46. The van der Waals surface area contributed by atoms with Crippen molar-refractivity contribution in [3.63, 3.8) is 0 Å². The van der Waals surface area contributed by atoms with E-state index in [1.165, 1.54) is 0 Å². The smallest absolute Gasteiger partial charge is 0.351 e. The SMILES string of the molecule is Fc1c(C(F)(F)C(F)(F)F)cc2c(nc(N3CCNCC3)c3nncn32)c1F. The number of rotatable bonds is 2. The first-order valence-corrected chi connectivity index (χ1v) is 8.05. The molecule has 3 aromatic rings. The van der Waals surface area contributed by atoms with Gasteiger partial charge in [-0.25, -0.2) is 13.8 Å². The van der Waals surface area contributed by atoms with Gasteiger partial charge < -0.3 is 10.2 Å². The van der Waals surface area contributed by atoms with Crippen molar-refractivity contribution in [3.05, 3.63) is 29.6 Å². The molecular formula is C15H11F7N6. The summed E-state index contributed by atoms with van der Waals surface area (Å²) in [7, 11) is 0. The monoisotopic (exact) mass is 408 g/mol. The van der Waals surface area contributed by atoms with Crippen molar-refractivity contribution in [2.24, 2.45) is 0 Å². The minimum Gasteiger partial charge on any atom is -0.351 e. The Morgan fingerprint density at radius 2 is 1.68 bits per heavy atom. The molecule has 13 heteroatoms. The summed E-state index contributed by atoms with van der Waals surface area (Å²) in [6.45, 7) is 2.06. The molecule has 1 fully saturated rings. The minimum atomic E-state index is -6.10. The van der Waals surface area contributed by atoms with Crippen LogP contribution in [-0.2, 0) is 5.92 Å². The number of benzene rings is 1. The third kappa shape index (κ3) is 2.64. The Morgan fingerprint density at radius 1 is 1.00 bits per heavy atom. The fourth-order valence-corrected chi connectivity index (χ4v) is 3.08. The van der Waals surface area contributed by atoms with Gasteiger partial charge in [-0.05, 0) is 6.07 Å². The predicted molar refractivity (Wildman–Crippen MR) is 83.2 cm³/mol. The van der Waals surface area contributed by atoms with Crippen LogP contribution < -0.4 is 10.2 Å². The highest BCUT2D eigenvalue weighted by Gasteiger charge is 2.60. The molecule has 1 aliphatic heterocycles. The number of nitrogens with one attached hydrogen (secondary N) is 1. The van der Waals surface area contributed by atoms with Gasteiger partial charge in [0.2, 0.25) is 5.65 Å². The number of nitrogens with zero attached hydrogens (tertiary/aromatic N) is 5. The number of anilines is 1. The van der Waals surface area contributed by atoms with Crippen molar-refractivity contribution >= 4 is 22.5 Å². The van der Waals surface area contributed by atoms with E-state index in [4.69, 9.17) is 0 Å². The van der Waals surface area contributed by atoms with Crippen molar-refractivity contribution in [2.75, 3.05) is 31.1 Å². The van der Waals surface area contributed by atoms with Gasteiger partial charge in [-0.2, -0.15) is 22.0 Å². The lowest BCUT2D eigenvalue weighted by atomic mass is 10.1. The van der Waals surface area contributed by atoms with Gasteiger partial charge in [-0.3, -0.25) is 4.40 Å². The Balaban J connectivity index is 2.02. The summed E-state index contributed by atoms with van der Waals surface area (Å²) in [6.07, 6.45) is -5.09. The van der Waals surface area contributed by atoms with Crippen molar-refractivity contribution in [3.8, 4) is 0 Å². The molecule has 0 bridgehead atoms. The van der Waals surface area contributed by atoms with Gasteiger partial charge in [0.15, 0.2) is 17.5 Å². The van der Waals surface area contributed by atoms with Gasteiger partial charge in [0.1, 0.15) is 11.8 Å². The summed E-state index contributed by atoms with van der Waals surface area (Å²) in [5.74, 6) is -9.67. The molecule has 1 aromatic carbocycles. The Morgan fingerprint density at radius 3 is 2.32 bits per heavy atom. The molecule has 0 spiro atoms. The fourth-order valence-electron chi connectivity index (χ4n) is 3.08. The average Bonchev–Trinajstić information content (AvgIpc) is 3.13. The molecular weight excluding hydrogens is 397 g/mol. The fraction of sp³-hybridized carbons (Fsp3) is 0.400. The molecule has 0 saturated carbocycles. The number of fused-ring (bicyclic) bond motifs is 3. The van der Waals surface area contributed by atoms with Gasteiger partial charge in [-0.1, -0.05) is 0 Å². The van der Waals surface area contributed by atoms with Crippen molar-refractivity contribution in [2.45, 2.75) is 12.1 Å². The molecule has 150 valence electrons. The zero-order valence-electron chi connectivity index (χ0n) is 13.9. The van der Waals surface area contributed by atoms with Gasteiger partial charge >= 0.3 is 12.1 Å². The third-order valence-corrected chi connectivity index (χ3v) is 4.50. The minimum absolute atomic E-state index is 0.0293. The number of halogens is 7. The highest BCUT2D eigenvalue weighted by atomic mass is 19.4. The maximum Gasteiger partial charge on any atom is 0.458 e. The second-order valence-corrected chi connectivity index (χ2v) is 6.19. The second-order valence-electron chi connectivity index (χ2n) is 6.19. The zero-order chi connectivity index (χ0) is 20.3. The summed E-state index contributed by atoms with van der Waals surface area (Å²) >= 11 is 0. The third-order valence-electron chi connectivity index (χ3n) is 4.50. The number of alkyl halides is 5. The van der Waals surface area contributed by atoms with Crippen molar-refractivity contribution in [1.82, 2.24) is 24.9 Å². The zero-order valence-corrected chi connectivity index (χ0v) is 13.9. The van der Waals surface area contributed by atoms with Crippen LogP contribution in [0.15, 0.2) is 12.4 Å². The molecule has 6 nitrogen and oxygen atoms in total. The van der Waals surface area contributed by atoms with E-state index in [1.807, 2.05) is 0 Å². The van der Waals surface area contributed by atoms with Crippen LogP contribution in [0, 0.1) is 11.6 Å². The topological polar surface area (TPSA) is 58.4 Å². The maximum atomic E-state index is 14.5. The van der Waals surface area contributed by atoms with Crippen molar-refractivity contribution < 1.29 is 30.7 Å². The molecule has 28 heavy (non-hydrogen) atoms. The Labute approximate surface area is 152 Å². The normalized spacial score (nSPS) is 16.3. The van der Waals surface area contributed by atoms with Crippen LogP contribution in [0.1, 0.15) is 5.56 Å². The first kappa shape index (κ1) is 18.7. The van der Waals surface area contributed by atoms with Gasteiger partial charge in [0.25, 0.3) is 0 Å². The molecule has 0 atom stereocenters. The van der Waals surface area contributed by atoms with Gasteiger partial charge in [0, 0.05) is 26.2 Å². The molecule has 4 rings (SSSR count). The molecule has 0 radical (unpaired) electrons. The number of piperazine rings is 1. The van der Waals surface area contributed by atoms with E-state index in [0.29, 0.717) is 26.2 Å². The first-order valence-electron chi connectivity index (χ1n) is 8.05. The van der Waals surface area contributed by atoms with Crippen LogP contribution in [0.4, 0.5) is 36.6 Å². The molecule has 3 heterocycles.